The van der Waals surface area contributed by atoms with Crippen LogP contribution in [0.2, 0.25) is 0 Å². The van der Waals surface area contributed by atoms with Crippen LogP contribution < -0.4 is 5.73 Å². The van der Waals surface area contributed by atoms with Gasteiger partial charge in [-0.15, -0.1) is 0 Å². The van der Waals surface area contributed by atoms with Crippen molar-refractivity contribution in [3.8, 4) is 11.8 Å². The Hall–Kier alpha value is -2.84. The van der Waals surface area contributed by atoms with Crippen LogP contribution in [0.1, 0.15) is 18.1 Å². The number of hydrogen-bond donors (Lipinski definition) is 2. The van der Waals surface area contributed by atoms with Gasteiger partial charge in [0.05, 0.1) is 12.3 Å². The van der Waals surface area contributed by atoms with Crippen LogP contribution in [0.25, 0.3) is 11.0 Å². The molecule has 0 atom stereocenters. The van der Waals surface area contributed by atoms with E-state index in [0.29, 0.717) is 6.54 Å². The first-order valence-corrected chi connectivity index (χ1v) is 7.28. The summed E-state index contributed by atoms with van der Waals surface area (Å²) in [6.07, 6.45) is 7.42. The molecule has 23 heavy (non-hydrogen) atoms. The molecule has 0 aromatic carbocycles. The van der Waals surface area contributed by atoms with Crippen LogP contribution in [0.15, 0.2) is 48.0 Å². The smallest absolute Gasteiger partial charge is 0.139 e. The molecule has 0 spiro atoms. The van der Waals surface area contributed by atoms with E-state index in [1.807, 2.05) is 50.3 Å². The van der Waals surface area contributed by atoms with Crippen LogP contribution in [-0.2, 0) is 0 Å². The van der Waals surface area contributed by atoms with Crippen molar-refractivity contribution in [3.05, 3.63) is 54.1 Å². The Labute approximate surface area is 136 Å². The summed E-state index contributed by atoms with van der Waals surface area (Å²) in [6.45, 7) is 6.28. The van der Waals surface area contributed by atoms with E-state index in [1.54, 1.807) is 6.20 Å². The number of allylic oxidation sites excluding steroid dienone is 2. The molecule has 0 aliphatic rings. The summed E-state index contributed by atoms with van der Waals surface area (Å²) in [6, 6.07) is 1.91. The fourth-order valence-electron chi connectivity index (χ4n) is 2.16. The van der Waals surface area contributed by atoms with Gasteiger partial charge < -0.3 is 10.7 Å². The van der Waals surface area contributed by atoms with E-state index < -0.39 is 0 Å². The largest absolute Gasteiger partial charge is 0.384 e. The molecule has 2 aromatic rings. The lowest BCUT2D eigenvalue weighted by Gasteiger charge is -2.03. The van der Waals surface area contributed by atoms with Crippen molar-refractivity contribution in [3.63, 3.8) is 0 Å². The summed E-state index contributed by atoms with van der Waals surface area (Å²) in [7, 11) is 3.98. The maximum absolute atomic E-state index is 5.65. The Morgan fingerprint density at radius 1 is 1.52 bits per heavy atom. The van der Waals surface area contributed by atoms with E-state index in [4.69, 9.17) is 5.73 Å². The van der Waals surface area contributed by atoms with Crippen molar-refractivity contribution >= 4 is 16.7 Å². The van der Waals surface area contributed by atoms with E-state index in [-0.39, 0.29) is 5.82 Å². The first-order chi connectivity index (χ1) is 11.0. The molecule has 2 aromatic heterocycles. The second-order valence-electron chi connectivity index (χ2n) is 5.31. The number of pyridine rings is 1. The molecule has 2 heterocycles. The first kappa shape index (κ1) is 16.5. The maximum Gasteiger partial charge on any atom is 0.139 e. The molecule has 5 nitrogen and oxygen atoms in total. The predicted octanol–water partition coefficient (Wildman–Crippen LogP) is 2.27. The van der Waals surface area contributed by atoms with E-state index in [1.165, 1.54) is 0 Å². The van der Waals surface area contributed by atoms with Gasteiger partial charge in [0.2, 0.25) is 0 Å². The third-order valence-corrected chi connectivity index (χ3v) is 3.06. The van der Waals surface area contributed by atoms with Gasteiger partial charge in [-0.05, 0) is 33.2 Å². The Morgan fingerprint density at radius 2 is 2.30 bits per heavy atom. The number of nitrogens with one attached hydrogen (secondary N) is 1. The Bertz CT molecular complexity index is 828. The molecule has 0 radical (unpaired) electrons. The quantitative estimate of drug-likeness (QED) is 0.672. The standard InChI is InChI=1S/C18H21N5/c1-5-7-16(22-13(2)19)15-12-21-18-17(15)14(9-10-20-18)8-6-11-23(3)4/h5,7,9-10,12H,2,11,19H2,1,3-4H3,(H,20,21)/b7-5-,22-16+. The molecule has 3 N–H and O–H groups in total. The molecule has 0 bridgehead atoms. The number of H-pyrrole nitrogens is 1. The summed E-state index contributed by atoms with van der Waals surface area (Å²) < 4.78 is 0. The van der Waals surface area contributed by atoms with E-state index >= 15 is 0 Å². The number of rotatable bonds is 4. The number of hydrogen-bond acceptors (Lipinski definition) is 4. The van der Waals surface area contributed by atoms with Gasteiger partial charge in [0.15, 0.2) is 0 Å². The third-order valence-electron chi connectivity index (χ3n) is 3.06. The minimum absolute atomic E-state index is 0.261. The van der Waals surface area contributed by atoms with Crippen LogP contribution in [0.5, 0.6) is 0 Å². The maximum atomic E-state index is 5.65. The highest BCUT2D eigenvalue weighted by Gasteiger charge is 2.12. The lowest BCUT2D eigenvalue weighted by molar-refractivity contribution is 0.464. The van der Waals surface area contributed by atoms with Gasteiger partial charge in [0, 0.05) is 28.9 Å². The molecule has 0 fully saturated rings. The number of fused-ring (bicyclic) bond motifs is 1. The summed E-state index contributed by atoms with van der Waals surface area (Å²) in [4.78, 5) is 13.9. The van der Waals surface area contributed by atoms with Crippen molar-refractivity contribution in [2.75, 3.05) is 20.6 Å². The molecule has 2 rings (SSSR count). The monoisotopic (exact) mass is 307 g/mol. The molecular weight excluding hydrogens is 286 g/mol. The van der Waals surface area contributed by atoms with Gasteiger partial charge in [0.1, 0.15) is 11.5 Å². The fraction of sp³-hybridized carbons (Fsp3) is 0.222. The number of aliphatic imine (C=N–C) groups is 1. The molecular formula is C18H21N5. The zero-order valence-corrected chi connectivity index (χ0v) is 13.7. The molecule has 5 heteroatoms. The summed E-state index contributed by atoms with van der Waals surface area (Å²) >= 11 is 0. The second kappa shape index (κ2) is 7.43. The molecule has 0 saturated heterocycles. The number of aromatic amines is 1. The lowest BCUT2D eigenvalue weighted by atomic mass is 10.1. The average molecular weight is 307 g/mol. The van der Waals surface area contributed by atoms with E-state index in [2.05, 4.69) is 33.4 Å². The minimum Gasteiger partial charge on any atom is -0.384 e. The van der Waals surface area contributed by atoms with Gasteiger partial charge in [-0.2, -0.15) is 0 Å². The van der Waals surface area contributed by atoms with Crippen LogP contribution in [0, 0.1) is 11.8 Å². The highest BCUT2D eigenvalue weighted by Crippen LogP contribution is 2.22. The molecule has 0 aliphatic carbocycles. The van der Waals surface area contributed by atoms with E-state index in [9.17, 15) is 0 Å². The second-order valence-corrected chi connectivity index (χ2v) is 5.31. The summed E-state index contributed by atoms with van der Waals surface area (Å²) in [5.41, 5.74) is 8.98. The van der Waals surface area contributed by atoms with Crippen molar-refractivity contribution in [1.29, 1.82) is 0 Å². The number of nitrogens with zero attached hydrogens (tertiary/aromatic N) is 3. The van der Waals surface area contributed by atoms with Gasteiger partial charge in [0.25, 0.3) is 0 Å². The number of aromatic nitrogens is 2. The normalized spacial score (nSPS) is 11.9. The molecule has 0 saturated carbocycles. The van der Waals surface area contributed by atoms with Crippen LogP contribution in [0.4, 0.5) is 0 Å². The van der Waals surface area contributed by atoms with Crippen molar-refractivity contribution < 1.29 is 0 Å². The fourth-order valence-corrected chi connectivity index (χ4v) is 2.16. The van der Waals surface area contributed by atoms with Gasteiger partial charge in [-0.25, -0.2) is 9.98 Å². The van der Waals surface area contributed by atoms with Gasteiger partial charge in [-0.1, -0.05) is 24.5 Å². The Balaban J connectivity index is 2.61. The molecule has 118 valence electrons. The molecule has 0 unspecified atom stereocenters. The highest BCUT2D eigenvalue weighted by molar-refractivity contribution is 6.17. The zero-order valence-electron chi connectivity index (χ0n) is 13.7. The topological polar surface area (TPSA) is 70.3 Å². The van der Waals surface area contributed by atoms with Crippen molar-refractivity contribution in [2.24, 2.45) is 10.7 Å². The van der Waals surface area contributed by atoms with Crippen molar-refractivity contribution in [1.82, 2.24) is 14.9 Å². The number of nitrogens with two attached hydrogens (primary N) is 1. The first-order valence-electron chi connectivity index (χ1n) is 7.28. The van der Waals surface area contributed by atoms with E-state index in [0.717, 1.165) is 27.9 Å². The van der Waals surface area contributed by atoms with Crippen LogP contribution in [-0.4, -0.2) is 41.2 Å². The average Bonchev–Trinajstić information content (AvgIpc) is 2.91. The third kappa shape index (κ3) is 4.09. The molecule has 0 aliphatic heterocycles. The Morgan fingerprint density at radius 3 is 2.96 bits per heavy atom. The SMILES string of the molecule is C=C(N)/N=C(\C=C/C)c1c[nH]c2nccc(C#CCN(C)C)c12. The molecule has 0 amide bonds. The lowest BCUT2D eigenvalue weighted by Crippen LogP contribution is -2.10. The summed E-state index contributed by atoms with van der Waals surface area (Å²) in [5.74, 6) is 6.63. The summed E-state index contributed by atoms with van der Waals surface area (Å²) in [5, 5.41) is 0.942. The highest BCUT2D eigenvalue weighted by atomic mass is 15.0. The predicted molar refractivity (Wildman–Crippen MR) is 96.2 cm³/mol. The van der Waals surface area contributed by atoms with Gasteiger partial charge >= 0.3 is 0 Å². The van der Waals surface area contributed by atoms with Gasteiger partial charge in [-0.3, -0.25) is 4.90 Å². The van der Waals surface area contributed by atoms with Crippen molar-refractivity contribution in [2.45, 2.75) is 6.92 Å². The van der Waals surface area contributed by atoms with Crippen LogP contribution in [0.3, 0.4) is 0 Å². The zero-order chi connectivity index (χ0) is 16.8. The Kier molecular flexibility index (Phi) is 5.34. The minimum atomic E-state index is 0.261. The van der Waals surface area contributed by atoms with Crippen LogP contribution >= 0.6 is 0 Å².